The van der Waals surface area contributed by atoms with Gasteiger partial charge in [-0.25, -0.2) is 0 Å². The predicted molar refractivity (Wildman–Crippen MR) is 66.2 cm³/mol. The monoisotopic (exact) mass is 213 g/mol. The Balaban J connectivity index is 2.42. The van der Waals surface area contributed by atoms with E-state index < -0.39 is 0 Å². The molecule has 3 heteroatoms. The van der Waals surface area contributed by atoms with Crippen molar-refractivity contribution in [3.8, 4) is 0 Å². The van der Waals surface area contributed by atoms with Gasteiger partial charge in [-0.1, -0.05) is 13.8 Å². The van der Waals surface area contributed by atoms with Crippen LogP contribution in [0.15, 0.2) is 0 Å². The molecule has 2 atom stereocenters. The lowest BCUT2D eigenvalue weighted by molar-refractivity contribution is 0.131. The third-order valence-corrected chi connectivity index (χ3v) is 3.22. The van der Waals surface area contributed by atoms with Crippen LogP contribution in [0.3, 0.4) is 0 Å². The van der Waals surface area contributed by atoms with Gasteiger partial charge in [0.2, 0.25) is 0 Å². The van der Waals surface area contributed by atoms with Crippen LogP contribution >= 0.6 is 0 Å². The Morgan fingerprint density at radius 1 is 1.40 bits per heavy atom. The minimum atomic E-state index is 0.595. The van der Waals surface area contributed by atoms with E-state index in [1.807, 2.05) is 7.05 Å². The first-order valence-corrected chi connectivity index (χ1v) is 6.25. The van der Waals surface area contributed by atoms with Crippen molar-refractivity contribution in [1.82, 2.24) is 15.5 Å². The van der Waals surface area contributed by atoms with Crippen LogP contribution in [0.1, 0.15) is 27.2 Å². The Labute approximate surface area is 94.6 Å². The molecule has 0 saturated carbocycles. The maximum Gasteiger partial charge on any atom is 0.0224 e. The number of piperazine rings is 1. The Morgan fingerprint density at radius 2 is 2.13 bits per heavy atom. The quantitative estimate of drug-likeness (QED) is 0.711. The molecule has 1 rings (SSSR count). The van der Waals surface area contributed by atoms with Crippen molar-refractivity contribution in [3.63, 3.8) is 0 Å². The molecule has 2 unspecified atom stereocenters. The molecule has 1 aliphatic heterocycles. The summed E-state index contributed by atoms with van der Waals surface area (Å²) in [6.07, 6.45) is 1.31. The molecule has 0 bridgehead atoms. The van der Waals surface area contributed by atoms with Crippen molar-refractivity contribution in [2.75, 3.05) is 33.2 Å². The van der Waals surface area contributed by atoms with E-state index in [9.17, 15) is 0 Å². The standard InChI is InChI=1S/C12H27N3/c1-10(2)7-12-8-14-5-6-15(12)9-11(3)13-4/h10-14H,5-9H2,1-4H3. The Bertz CT molecular complexity index is 170. The molecule has 1 aliphatic rings. The molecule has 90 valence electrons. The average molecular weight is 213 g/mol. The van der Waals surface area contributed by atoms with E-state index in [2.05, 4.69) is 36.3 Å². The maximum absolute atomic E-state index is 3.50. The third-order valence-electron chi connectivity index (χ3n) is 3.22. The second kappa shape index (κ2) is 6.46. The fraction of sp³-hybridized carbons (Fsp3) is 1.00. The van der Waals surface area contributed by atoms with Crippen LogP contribution in [0.25, 0.3) is 0 Å². The van der Waals surface area contributed by atoms with Gasteiger partial charge in [-0.05, 0) is 26.3 Å². The largest absolute Gasteiger partial charge is 0.316 e. The van der Waals surface area contributed by atoms with E-state index in [4.69, 9.17) is 0 Å². The molecular weight excluding hydrogens is 186 g/mol. The minimum absolute atomic E-state index is 0.595. The summed E-state index contributed by atoms with van der Waals surface area (Å²) in [5, 5.41) is 6.82. The molecule has 2 N–H and O–H groups in total. The van der Waals surface area contributed by atoms with E-state index in [1.54, 1.807) is 0 Å². The van der Waals surface area contributed by atoms with Crippen LogP contribution in [0, 0.1) is 5.92 Å². The summed E-state index contributed by atoms with van der Waals surface area (Å²) in [7, 11) is 2.05. The van der Waals surface area contributed by atoms with E-state index in [0.29, 0.717) is 6.04 Å². The Morgan fingerprint density at radius 3 is 2.73 bits per heavy atom. The number of rotatable bonds is 5. The highest BCUT2D eigenvalue weighted by molar-refractivity contribution is 4.82. The van der Waals surface area contributed by atoms with Gasteiger partial charge in [0, 0.05) is 38.3 Å². The summed E-state index contributed by atoms with van der Waals surface area (Å²) >= 11 is 0. The van der Waals surface area contributed by atoms with Crippen LogP contribution in [0.5, 0.6) is 0 Å². The van der Waals surface area contributed by atoms with Crippen LogP contribution < -0.4 is 10.6 Å². The molecule has 3 nitrogen and oxygen atoms in total. The van der Waals surface area contributed by atoms with Crippen molar-refractivity contribution >= 4 is 0 Å². The van der Waals surface area contributed by atoms with Gasteiger partial charge in [-0.15, -0.1) is 0 Å². The Hall–Kier alpha value is -0.120. The van der Waals surface area contributed by atoms with Crippen LogP contribution in [0.4, 0.5) is 0 Å². The van der Waals surface area contributed by atoms with Crippen molar-refractivity contribution in [1.29, 1.82) is 0 Å². The summed E-state index contributed by atoms with van der Waals surface area (Å²) in [6, 6.07) is 1.33. The number of hydrogen-bond donors (Lipinski definition) is 2. The number of nitrogens with zero attached hydrogens (tertiary/aromatic N) is 1. The molecule has 0 amide bonds. The van der Waals surface area contributed by atoms with Gasteiger partial charge < -0.3 is 10.6 Å². The zero-order chi connectivity index (χ0) is 11.3. The second-order valence-electron chi connectivity index (χ2n) is 5.17. The normalized spacial score (nSPS) is 25.8. The van der Waals surface area contributed by atoms with Gasteiger partial charge in [-0.3, -0.25) is 4.90 Å². The van der Waals surface area contributed by atoms with Crippen LogP contribution in [0.2, 0.25) is 0 Å². The fourth-order valence-electron chi connectivity index (χ4n) is 2.26. The van der Waals surface area contributed by atoms with E-state index in [0.717, 1.165) is 25.0 Å². The van der Waals surface area contributed by atoms with E-state index >= 15 is 0 Å². The first-order chi connectivity index (χ1) is 7.13. The number of likely N-dealkylation sites (N-methyl/N-ethyl adjacent to an activating group) is 1. The van der Waals surface area contributed by atoms with Crippen molar-refractivity contribution < 1.29 is 0 Å². The molecule has 15 heavy (non-hydrogen) atoms. The zero-order valence-corrected chi connectivity index (χ0v) is 10.7. The molecule has 1 fully saturated rings. The summed E-state index contributed by atoms with van der Waals surface area (Å²) < 4.78 is 0. The molecule has 0 radical (unpaired) electrons. The molecule has 1 saturated heterocycles. The zero-order valence-electron chi connectivity index (χ0n) is 10.7. The van der Waals surface area contributed by atoms with Gasteiger partial charge in [0.15, 0.2) is 0 Å². The molecule has 0 aromatic carbocycles. The second-order valence-corrected chi connectivity index (χ2v) is 5.17. The first-order valence-electron chi connectivity index (χ1n) is 6.25. The smallest absolute Gasteiger partial charge is 0.0224 e. The van der Waals surface area contributed by atoms with Gasteiger partial charge in [-0.2, -0.15) is 0 Å². The summed E-state index contributed by atoms with van der Waals surface area (Å²) in [5.74, 6) is 0.794. The first kappa shape index (κ1) is 12.9. The molecular formula is C12H27N3. The van der Waals surface area contributed by atoms with E-state index in [1.165, 1.54) is 19.5 Å². The lowest BCUT2D eigenvalue weighted by Gasteiger charge is -2.38. The fourth-order valence-corrected chi connectivity index (χ4v) is 2.26. The number of hydrogen-bond acceptors (Lipinski definition) is 3. The van der Waals surface area contributed by atoms with Gasteiger partial charge in [0.05, 0.1) is 0 Å². The van der Waals surface area contributed by atoms with Gasteiger partial charge in [0.25, 0.3) is 0 Å². The van der Waals surface area contributed by atoms with E-state index in [-0.39, 0.29) is 0 Å². The van der Waals surface area contributed by atoms with Crippen molar-refractivity contribution in [3.05, 3.63) is 0 Å². The van der Waals surface area contributed by atoms with Crippen LogP contribution in [-0.2, 0) is 0 Å². The third kappa shape index (κ3) is 4.49. The minimum Gasteiger partial charge on any atom is -0.316 e. The molecule has 0 aromatic rings. The molecule has 0 aromatic heterocycles. The van der Waals surface area contributed by atoms with Crippen molar-refractivity contribution in [2.45, 2.75) is 39.3 Å². The topological polar surface area (TPSA) is 27.3 Å². The summed E-state index contributed by atoms with van der Waals surface area (Å²) in [6.45, 7) is 11.6. The highest BCUT2D eigenvalue weighted by atomic mass is 15.2. The van der Waals surface area contributed by atoms with Crippen molar-refractivity contribution in [2.24, 2.45) is 5.92 Å². The highest BCUT2D eigenvalue weighted by Crippen LogP contribution is 2.13. The lowest BCUT2D eigenvalue weighted by Crippen LogP contribution is -2.54. The highest BCUT2D eigenvalue weighted by Gasteiger charge is 2.23. The maximum atomic E-state index is 3.50. The average Bonchev–Trinajstić information content (AvgIpc) is 2.20. The number of nitrogens with one attached hydrogen (secondary N) is 2. The predicted octanol–water partition coefficient (Wildman–Crippen LogP) is 0.914. The summed E-state index contributed by atoms with van der Waals surface area (Å²) in [4.78, 5) is 2.64. The summed E-state index contributed by atoms with van der Waals surface area (Å²) in [5.41, 5.74) is 0. The SMILES string of the molecule is CNC(C)CN1CCNCC1CC(C)C. The molecule has 0 aliphatic carbocycles. The molecule has 1 heterocycles. The van der Waals surface area contributed by atoms with Gasteiger partial charge >= 0.3 is 0 Å². The van der Waals surface area contributed by atoms with Gasteiger partial charge in [0.1, 0.15) is 0 Å². The van der Waals surface area contributed by atoms with Crippen LogP contribution in [-0.4, -0.2) is 50.2 Å². The molecule has 0 spiro atoms. The Kier molecular flexibility index (Phi) is 5.58. The lowest BCUT2D eigenvalue weighted by atomic mass is 10.0.